The molecule has 0 saturated carbocycles. The molecule has 0 aliphatic heterocycles. The molecule has 0 radical (unpaired) electrons. The second kappa shape index (κ2) is 6.87. The maximum atomic E-state index is 11.1. The number of aryl methyl sites for hydroxylation is 2. The van der Waals surface area contributed by atoms with Crippen LogP contribution in [-0.4, -0.2) is 37.8 Å². The maximum absolute atomic E-state index is 11.1. The number of hydrogen-bond donors (Lipinski definition) is 1. The summed E-state index contributed by atoms with van der Waals surface area (Å²) in [6.07, 6.45) is 4.54. The van der Waals surface area contributed by atoms with E-state index in [4.69, 9.17) is 9.84 Å². The number of ether oxygens (including phenoxy) is 1. The zero-order valence-corrected chi connectivity index (χ0v) is 14.8. The molecule has 2 heterocycles. The first-order valence-corrected chi connectivity index (χ1v) is 8.05. The van der Waals surface area contributed by atoms with Gasteiger partial charge < -0.3 is 14.4 Å². The van der Waals surface area contributed by atoms with Crippen LogP contribution in [0.1, 0.15) is 18.2 Å². The Morgan fingerprint density at radius 2 is 2.08 bits per heavy atom. The molecule has 3 aromatic rings. The molecule has 0 fully saturated rings. The van der Waals surface area contributed by atoms with Crippen LogP contribution in [0.5, 0.6) is 5.75 Å². The van der Waals surface area contributed by atoms with Crippen molar-refractivity contribution in [3.8, 4) is 11.6 Å². The first-order chi connectivity index (χ1) is 12.4. The van der Waals surface area contributed by atoms with E-state index in [1.807, 2.05) is 49.0 Å². The van der Waals surface area contributed by atoms with E-state index in [0.717, 1.165) is 34.1 Å². The number of rotatable bonds is 6. The predicted octanol–water partition coefficient (Wildman–Crippen LogP) is 2.74. The molecule has 7 nitrogen and oxygen atoms in total. The molecule has 0 atom stereocenters. The van der Waals surface area contributed by atoms with Crippen LogP contribution in [-0.2, 0) is 16.6 Å². The number of hydrogen-bond acceptors (Lipinski definition) is 4. The van der Waals surface area contributed by atoms with E-state index in [2.05, 4.69) is 5.10 Å². The van der Waals surface area contributed by atoms with Crippen LogP contribution in [0.2, 0.25) is 0 Å². The summed E-state index contributed by atoms with van der Waals surface area (Å²) in [7, 11) is 1.81. The van der Waals surface area contributed by atoms with Gasteiger partial charge in [0.1, 0.15) is 18.2 Å². The Balaban J connectivity index is 2.12. The van der Waals surface area contributed by atoms with Crippen LogP contribution in [0.15, 0.2) is 36.5 Å². The Bertz CT molecular complexity index is 1030. The minimum absolute atomic E-state index is 0.0175. The van der Waals surface area contributed by atoms with E-state index in [9.17, 15) is 9.59 Å². The lowest BCUT2D eigenvalue weighted by molar-refractivity contribution is -0.131. The van der Waals surface area contributed by atoms with Crippen LogP contribution >= 0.6 is 0 Å². The van der Waals surface area contributed by atoms with Gasteiger partial charge in [-0.1, -0.05) is 0 Å². The average Bonchev–Trinajstić information content (AvgIpc) is 3.10. The Labute approximate surface area is 150 Å². The van der Waals surface area contributed by atoms with Crippen molar-refractivity contribution in [1.29, 1.82) is 0 Å². The third-order valence-electron chi connectivity index (χ3n) is 3.96. The maximum Gasteiger partial charge on any atom is 0.328 e. The number of nitrogens with zero attached hydrogens (tertiary/aromatic N) is 3. The second-order valence-electron chi connectivity index (χ2n) is 6.01. The van der Waals surface area contributed by atoms with Crippen LogP contribution in [0.25, 0.3) is 22.8 Å². The zero-order valence-electron chi connectivity index (χ0n) is 14.8. The molecular weight excluding hydrogens is 334 g/mol. The van der Waals surface area contributed by atoms with Crippen LogP contribution < -0.4 is 4.74 Å². The molecule has 0 amide bonds. The topological polar surface area (TPSA) is 86.3 Å². The first kappa shape index (κ1) is 17.5. The number of Topliss-reactive ketones (excluding diaryl/α,β-unsaturated/α-hetero) is 1. The van der Waals surface area contributed by atoms with E-state index in [1.165, 1.54) is 6.92 Å². The Hall–Kier alpha value is -3.35. The second-order valence-corrected chi connectivity index (χ2v) is 6.01. The molecule has 0 unspecified atom stereocenters. The number of aliphatic carboxylic acids is 1. The lowest BCUT2D eigenvalue weighted by Crippen LogP contribution is -2.07. The molecular formula is C19H19N3O4. The molecule has 0 saturated heterocycles. The van der Waals surface area contributed by atoms with Gasteiger partial charge in [0.05, 0.1) is 11.2 Å². The number of benzene rings is 1. The number of carboxylic acid groups (broad SMARTS) is 1. The van der Waals surface area contributed by atoms with E-state index in [-0.39, 0.29) is 12.4 Å². The normalized spacial score (nSPS) is 11.3. The Morgan fingerprint density at radius 3 is 2.77 bits per heavy atom. The molecule has 0 bridgehead atoms. The molecule has 134 valence electrons. The fourth-order valence-corrected chi connectivity index (χ4v) is 2.87. The van der Waals surface area contributed by atoms with Gasteiger partial charge in [0.25, 0.3) is 0 Å². The van der Waals surface area contributed by atoms with Crippen molar-refractivity contribution >= 4 is 28.7 Å². The summed E-state index contributed by atoms with van der Waals surface area (Å²) in [5.41, 5.74) is 2.33. The van der Waals surface area contributed by atoms with Crippen LogP contribution in [0.4, 0.5) is 0 Å². The number of fused-ring (bicyclic) bond motifs is 1. The molecule has 0 aliphatic rings. The number of aromatic nitrogens is 3. The fraction of sp³-hybridized carbons (Fsp3) is 0.211. The van der Waals surface area contributed by atoms with Crippen LogP contribution in [0, 0.1) is 6.92 Å². The number of carbonyl (C=O) groups excluding carboxylic acids is 1. The van der Waals surface area contributed by atoms with Crippen molar-refractivity contribution in [2.75, 3.05) is 6.61 Å². The largest absolute Gasteiger partial charge is 0.486 e. The van der Waals surface area contributed by atoms with Crippen molar-refractivity contribution in [1.82, 2.24) is 14.3 Å². The molecule has 26 heavy (non-hydrogen) atoms. The van der Waals surface area contributed by atoms with Gasteiger partial charge in [-0.05, 0) is 38.1 Å². The highest BCUT2D eigenvalue weighted by Crippen LogP contribution is 2.28. The lowest BCUT2D eigenvalue weighted by Gasteiger charge is -2.09. The summed E-state index contributed by atoms with van der Waals surface area (Å²) in [5, 5.41) is 14.3. The van der Waals surface area contributed by atoms with Gasteiger partial charge in [0, 0.05) is 36.3 Å². The summed E-state index contributed by atoms with van der Waals surface area (Å²) in [6, 6.07) is 7.54. The summed E-state index contributed by atoms with van der Waals surface area (Å²) < 4.78 is 9.14. The molecule has 1 N–H and O–H groups in total. The minimum Gasteiger partial charge on any atom is -0.486 e. The van der Waals surface area contributed by atoms with Crippen molar-refractivity contribution in [2.45, 2.75) is 13.8 Å². The zero-order chi connectivity index (χ0) is 18.8. The van der Waals surface area contributed by atoms with Gasteiger partial charge in [-0.25, -0.2) is 4.79 Å². The number of carboxylic acids is 1. The molecule has 3 rings (SSSR count). The van der Waals surface area contributed by atoms with Crippen molar-refractivity contribution in [3.63, 3.8) is 0 Å². The fourth-order valence-electron chi connectivity index (χ4n) is 2.87. The lowest BCUT2D eigenvalue weighted by atomic mass is 10.2. The van der Waals surface area contributed by atoms with Crippen molar-refractivity contribution in [3.05, 3.63) is 47.8 Å². The van der Waals surface area contributed by atoms with E-state index >= 15 is 0 Å². The van der Waals surface area contributed by atoms with Crippen LogP contribution in [0.3, 0.4) is 0 Å². The molecule has 7 heteroatoms. The highest BCUT2D eigenvalue weighted by atomic mass is 16.5. The van der Waals surface area contributed by atoms with Gasteiger partial charge >= 0.3 is 5.97 Å². The summed E-state index contributed by atoms with van der Waals surface area (Å²) in [5.74, 6) is 0.271. The SMILES string of the molecule is CC(=O)COc1ccc2ccn(-c3c(/C=C/C(=O)O)c(C)nn3C)c2c1. The highest BCUT2D eigenvalue weighted by Gasteiger charge is 2.15. The quantitative estimate of drug-likeness (QED) is 0.689. The van der Waals surface area contributed by atoms with E-state index in [1.54, 1.807) is 10.8 Å². The third-order valence-corrected chi connectivity index (χ3v) is 3.96. The van der Waals surface area contributed by atoms with Crippen molar-refractivity contribution < 1.29 is 19.4 Å². The monoisotopic (exact) mass is 353 g/mol. The predicted molar refractivity (Wildman–Crippen MR) is 97.6 cm³/mol. The molecule has 0 spiro atoms. The smallest absolute Gasteiger partial charge is 0.328 e. The number of carbonyl (C=O) groups is 2. The summed E-state index contributed by atoms with van der Waals surface area (Å²) in [4.78, 5) is 22.0. The van der Waals surface area contributed by atoms with Gasteiger partial charge in [-0.2, -0.15) is 5.10 Å². The van der Waals surface area contributed by atoms with E-state index < -0.39 is 5.97 Å². The minimum atomic E-state index is -1.02. The van der Waals surface area contributed by atoms with Gasteiger partial charge in [0.2, 0.25) is 0 Å². The molecule has 2 aromatic heterocycles. The third kappa shape index (κ3) is 3.37. The number of ketones is 1. The van der Waals surface area contributed by atoms with Crippen molar-refractivity contribution in [2.24, 2.45) is 7.05 Å². The molecule has 0 aliphatic carbocycles. The summed E-state index contributed by atoms with van der Waals surface area (Å²) in [6.45, 7) is 3.32. The Morgan fingerprint density at radius 1 is 1.31 bits per heavy atom. The van der Waals surface area contributed by atoms with E-state index in [0.29, 0.717) is 5.75 Å². The molecule has 1 aromatic carbocycles. The summed E-state index contributed by atoms with van der Waals surface area (Å²) >= 11 is 0. The van der Waals surface area contributed by atoms with Gasteiger partial charge in [-0.3, -0.25) is 9.48 Å². The first-order valence-electron chi connectivity index (χ1n) is 8.05. The van der Waals surface area contributed by atoms with Gasteiger partial charge in [-0.15, -0.1) is 0 Å². The standard InChI is InChI=1S/C19H19N3O4/c1-12(23)11-26-15-5-4-14-8-9-22(17(14)10-15)19-16(6-7-18(24)25)13(2)20-21(19)3/h4-10H,11H2,1-3H3,(H,24,25)/b7-6+. The average molecular weight is 353 g/mol. The van der Waals surface area contributed by atoms with Gasteiger partial charge in [0.15, 0.2) is 5.78 Å². The highest BCUT2D eigenvalue weighted by molar-refractivity contribution is 5.88. The Kier molecular flexibility index (Phi) is 4.62.